The van der Waals surface area contributed by atoms with Crippen molar-refractivity contribution >= 4 is 0 Å². The zero-order chi connectivity index (χ0) is 17.2. The second kappa shape index (κ2) is 6.42. The van der Waals surface area contributed by atoms with E-state index in [-0.39, 0.29) is 12.5 Å². The van der Waals surface area contributed by atoms with Crippen molar-refractivity contribution in [2.45, 2.75) is 49.3 Å². The Bertz CT molecular complexity index is 361. The summed E-state index contributed by atoms with van der Waals surface area (Å²) in [5, 5.41) is 0. The zero-order valence-electron chi connectivity index (χ0n) is 11.0. The highest BCUT2D eigenvalue weighted by molar-refractivity contribution is 5.00. The molecule has 0 aromatic heterocycles. The molecular weight excluding hydrogens is 335 g/mol. The molecule has 0 amide bonds. The molecular formula is C11H13F9O2. The molecule has 11 heteroatoms. The summed E-state index contributed by atoms with van der Waals surface area (Å²) in [7, 11) is 0. The van der Waals surface area contributed by atoms with Gasteiger partial charge in [-0.15, -0.1) is 0 Å². The lowest BCUT2D eigenvalue weighted by atomic mass is 10.0. The van der Waals surface area contributed by atoms with Crippen LogP contribution in [0.2, 0.25) is 0 Å². The average Bonchev–Trinajstić information content (AvgIpc) is 2.85. The van der Waals surface area contributed by atoms with E-state index in [1.807, 2.05) is 0 Å². The standard InChI is InChI=1S/C11H13F9O2/c12-8(13,6-21-5-3-7-2-1-4-22-7)9(14,15)10(16,17)11(18,19)20/h7H,1-6H2. The predicted molar refractivity (Wildman–Crippen MR) is 55.3 cm³/mol. The number of ether oxygens (including phenoxy) is 2. The molecule has 0 aromatic carbocycles. The second-order valence-electron chi connectivity index (χ2n) is 4.83. The molecule has 1 aliphatic rings. The minimum absolute atomic E-state index is 0.0529. The molecule has 1 atom stereocenters. The molecule has 1 unspecified atom stereocenters. The third-order valence-electron chi connectivity index (χ3n) is 3.10. The Morgan fingerprint density at radius 2 is 1.50 bits per heavy atom. The van der Waals surface area contributed by atoms with Gasteiger partial charge in [0.1, 0.15) is 6.61 Å². The highest BCUT2D eigenvalue weighted by Gasteiger charge is 2.81. The first-order valence-electron chi connectivity index (χ1n) is 6.22. The lowest BCUT2D eigenvalue weighted by Gasteiger charge is -2.33. The number of hydrogen-bond acceptors (Lipinski definition) is 2. The van der Waals surface area contributed by atoms with Crippen molar-refractivity contribution in [1.82, 2.24) is 0 Å². The normalized spacial score (nSPS) is 21.4. The van der Waals surface area contributed by atoms with Crippen LogP contribution in [0.1, 0.15) is 19.3 Å². The van der Waals surface area contributed by atoms with Crippen molar-refractivity contribution in [2.24, 2.45) is 0 Å². The summed E-state index contributed by atoms with van der Waals surface area (Å²) in [5.41, 5.74) is 0. The smallest absolute Gasteiger partial charge is 0.378 e. The van der Waals surface area contributed by atoms with Crippen LogP contribution in [-0.4, -0.2) is 49.9 Å². The van der Waals surface area contributed by atoms with Crippen LogP contribution in [0.15, 0.2) is 0 Å². The summed E-state index contributed by atoms with van der Waals surface area (Å²) in [4.78, 5) is 0. The fraction of sp³-hybridized carbons (Fsp3) is 1.00. The van der Waals surface area contributed by atoms with E-state index >= 15 is 0 Å². The third kappa shape index (κ3) is 3.79. The Hall–Kier alpha value is -0.710. The van der Waals surface area contributed by atoms with E-state index in [1.165, 1.54) is 0 Å². The first-order chi connectivity index (χ1) is 9.83. The Morgan fingerprint density at radius 1 is 0.909 bits per heavy atom. The highest BCUT2D eigenvalue weighted by Crippen LogP contribution is 2.53. The molecule has 1 heterocycles. The maximum Gasteiger partial charge on any atom is 0.460 e. The van der Waals surface area contributed by atoms with Crippen LogP contribution < -0.4 is 0 Å². The fourth-order valence-electron chi connectivity index (χ4n) is 1.79. The van der Waals surface area contributed by atoms with Gasteiger partial charge in [-0.25, -0.2) is 0 Å². The van der Waals surface area contributed by atoms with E-state index < -0.39 is 37.2 Å². The van der Waals surface area contributed by atoms with Gasteiger partial charge in [0.15, 0.2) is 0 Å². The average molecular weight is 348 g/mol. The van der Waals surface area contributed by atoms with E-state index in [0.717, 1.165) is 6.42 Å². The van der Waals surface area contributed by atoms with Crippen molar-refractivity contribution in [2.75, 3.05) is 19.8 Å². The van der Waals surface area contributed by atoms with Crippen molar-refractivity contribution in [3.05, 3.63) is 0 Å². The number of rotatable bonds is 7. The summed E-state index contributed by atoms with van der Waals surface area (Å²) < 4.78 is 122. The van der Waals surface area contributed by atoms with E-state index in [4.69, 9.17) is 4.74 Å². The molecule has 22 heavy (non-hydrogen) atoms. The molecule has 0 radical (unpaired) electrons. The van der Waals surface area contributed by atoms with Crippen molar-refractivity contribution < 1.29 is 49.0 Å². The van der Waals surface area contributed by atoms with Crippen LogP contribution in [-0.2, 0) is 9.47 Å². The summed E-state index contributed by atoms with van der Waals surface area (Å²) in [6.45, 7) is -2.33. The fourth-order valence-corrected chi connectivity index (χ4v) is 1.79. The Kier molecular flexibility index (Phi) is 5.64. The monoisotopic (exact) mass is 348 g/mol. The molecule has 1 fully saturated rings. The van der Waals surface area contributed by atoms with Crippen molar-refractivity contribution in [3.63, 3.8) is 0 Å². The predicted octanol–water partition coefficient (Wildman–Crippen LogP) is 4.04. The van der Waals surface area contributed by atoms with Gasteiger partial charge in [-0.1, -0.05) is 0 Å². The first kappa shape index (κ1) is 19.3. The van der Waals surface area contributed by atoms with Crippen LogP contribution in [0.4, 0.5) is 39.5 Å². The zero-order valence-corrected chi connectivity index (χ0v) is 11.0. The Balaban J connectivity index is 2.59. The molecule has 0 saturated carbocycles. The minimum Gasteiger partial charge on any atom is -0.378 e. The summed E-state index contributed by atoms with van der Waals surface area (Å²) in [5.74, 6) is -19.2. The molecule has 2 nitrogen and oxygen atoms in total. The van der Waals surface area contributed by atoms with Gasteiger partial charge in [0.2, 0.25) is 0 Å². The highest BCUT2D eigenvalue weighted by atomic mass is 19.4. The number of hydrogen-bond donors (Lipinski definition) is 0. The van der Waals surface area contributed by atoms with Crippen molar-refractivity contribution in [3.8, 4) is 0 Å². The second-order valence-corrected chi connectivity index (χ2v) is 4.83. The maximum atomic E-state index is 13.0. The summed E-state index contributed by atoms with van der Waals surface area (Å²) in [6.07, 6.45) is -5.76. The largest absolute Gasteiger partial charge is 0.460 e. The molecule has 0 aromatic rings. The molecule has 0 N–H and O–H groups in total. The van der Waals surface area contributed by atoms with Crippen LogP contribution in [0.3, 0.4) is 0 Å². The molecule has 132 valence electrons. The Morgan fingerprint density at radius 3 is 1.95 bits per heavy atom. The van der Waals surface area contributed by atoms with Gasteiger partial charge < -0.3 is 9.47 Å². The molecule has 0 bridgehead atoms. The van der Waals surface area contributed by atoms with Crippen LogP contribution in [0.5, 0.6) is 0 Å². The molecule has 0 aliphatic carbocycles. The van der Waals surface area contributed by atoms with Gasteiger partial charge in [0.05, 0.1) is 6.10 Å². The maximum absolute atomic E-state index is 13.0. The molecule has 1 rings (SSSR count). The van der Waals surface area contributed by atoms with E-state index in [0.29, 0.717) is 13.0 Å². The van der Waals surface area contributed by atoms with Crippen LogP contribution in [0.25, 0.3) is 0 Å². The molecule has 1 saturated heterocycles. The lowest BCUT2D eigenvalue weighted by molar-refractivity contribution is -0.399. The number of alkyl halides is 9. The Labute approximate surface area is 119 Å². The first-order valence-corrected chi connectivity index (χ1v) is 6.22. The van der Waals surface area contributed by atoms with E-state index in [1.54, 1.807) is 0 Å². The van der Waals surface area contributed by atoms with Crippen LogP contribution >= 0.6 is 0 Å². The van der Waals surface area contributed by atoms with Crippen molar-refractivity contribution in [1.29, 1.82) is 0 Å². The quantitative estimate of drug-likeness (QED) is 0.511. The topological polar surface area (TPSA) is 18.5 Å². The third-order valence-corrected chi connectivity index (χ3v) is 3.10. The van der Waals surface area contributed by atoms with E-state index in [9.17, 15) is 39.5 Å². The van der Waals surface area contributed by atoms with Gasteiger partial charge >= 0.3 is 23.9 Å². The van der Waals surface area contributed by atoms with Gasteiger partial charge in [-0.2, -0.15) is 39.5 Å². The van der Waals surface area contributed by atoms with Crippen LogP contribution in [0, 0.1) is 0 Å². The molecule has 1 aliphatic heterocycles. The van der Waals surface area contributed by atoms with Gasteiger partial charge in [0, 0.05) is 13.2 Å². The number of halogens is 9. The lowest BCUT2D eigenvalue weighted by Crippen LogP contribution is -2.62. The minimum atomic E-state index is -6.87. The molecule has 0 spiro atoms. The van der Waals surface area contributed by atoms with E-state index in [2.05, 4.69) is 4.74 Å². The summed E-state index contributed by atoms with van der Waals surface area (Å²) >= 11 is 0. The summed E-state index contributed by atoms with van der Waals surface area (Å²) in [6, 6.07) is 0. The van der Waals surface area contributed by atoms with Gasteiger partial charge in [0.25, 0.3) is 0 Å². The van der Waals surface area contributed by atoms with Gasteiger partial charge in [-0.3, -0.25) is 0 Å². The van der Waals surface area contributed by atoms with Gasteiger partial charge in [-0.05, 0) is 19.3 Å². The SMILES string of the molecule is FC(F)(F)C(F)(F)C(F)(F)C(F)(F)COCCC1CCCO1.